The number of aromatic nitrogens is 4. The van der Waals surface area contributed by atoms with E-state index in [1.165, 1.54) is 60.9 Å². The Morgan fingerprint density at radius 2 is 1.17 bits per heavy atom. The van der Waals surface area contributed by atoms with Crippen molar-refractivity contribution in [3.63, 3.8) is 0 Å². The zero-order valence-corrected chi connectivity index (χ0v) is 34.9. The molecule has 0 bridgehead atoms. The number of nitrogens with zero attached hydrogens (tertiary/aromatic N) is 5. The highest BCUT2D eigenvalue weighted by Gasteiger charge is 2.47. The van der Waals surface area contributed by atoms with Crippen molar-refractivity contribution in [3.8, 4) is 0 Å². The van der Waals surface area contributed by atoms with Crippen molar-refractivity contribution in [3.05, 3.63) is 143 Å². The number of anilines is 4. The number of benzene rings is 3. The molecule has 0 saturated heterocycles. The van der Waals surface area contributed by atoms with Crippen LogP contribution in [-0.2, 0) is 25.6 Å². The van der Waals surface area contributed by atoms with Gasteiger partial charge >= 0.3 is 36.1 Å². The molecule has 2 saturated carbocycles. The molecule has 7 aromatic rings. The molecule has 0 unspecified atom stereocenters. The van der Waals surface area contributed by atoms with E-state index in [9.17, 15) is 49.9 Å². The van der Waals surface area contributed by atoms with Crippen molar-refractivity contribution in [1.82, 2.24) is 19.5 Å². The second kappa shape index (κ2) is 17.8. The third kappa shape index (κ3) is 9.45. The van der Waals surface area contributed by atoms with Gasteiger partial charge in [-0.2, -0.15) is 26.3 Å². The molecular weight excluding hydrogens is 878 g/mol. The van der Waals surface area contributed by atoms with E-state index in [0.29, 0.717) is 43.7 Å². The Morgan fingerprint density at radius 3 is 1.65 bits per heavy atom. The molecule has 12 nitrogen and oxygen atoms in total. The van der Waals surface area contributed by atoms with Gasteiger partial charge in [-0.1, -0.05) is 12.1 Å². The van der Waals surface area contributed by atoms with Crippen LogP contribution in [0.2, 0.25) is 0 Å². The van der Waals surface area contributed by atoms with E-state index in [4.69, 9.17) is 9.47 Å². The molecule has 66 heavy (non-hydrogen) atoms. The van der Waals surface area contributed by atoms with E-state index in [1.54, 1.807) is 48.8 Å². The molecule has 3 aromatic carbocycles. The lowest BCUT2D eigenvalue weighted by Crippen LogP contribution is -2.39. The molecule has 0 spiro atoms. The smallest absolute Gasteiger partial charge is 0.465 e. The van der Waals surface area contributed by atoms with E-state index in [2.05, 4.69) is 15.0 Å². The summed E-state index contributed by atoms with van der Waals surface area (Å²) < 4.78 is 106. The summed E-state index contributed by atoms with van der Waals surface area (Å²) in [5.74, 6) is -6.93. The number of carbonyl (C=O) groups excluding carboxylic acids is 4. The second-order valence-electron chi connectivity index (χ2n) is 15.7. The van der Waals surface area contributed by atoms with E-state index < -0.39 is 47.7 Å². The molecule has 19 heteroatoms. The predicted octanol–water partition coefficient (Wildman–Crippen LogP) is 10.6. The largest absolute Gasteiger partial charge is 0.472 e. The lowest BCUT2D eigenvalue weighted by molar-refractivity contribution is -0.169. The third-order valence-electron chi connectivity index (χ3n) is 11.1. The van der Waals surface area contributed by atoms with Gasteiger partial charge in [0.25, 0.3) is 0 Å². The molecule has 1 N–H and O–H groups in total. The first-order chi connectivity index (χ1) is 31.4. The molecule has 4 heterocycles. The first-order valence-corrected chi connectivity index (χ1v) is 20.3. The summed E-state index contributed by atoms with van der Waals surface area (Å²) in [7, 11) is 2.24. The van der Waals surface area contributed by atoms with Crippen LogP contribution in [0.4, 0.5) is 53.7 Å². The zero-order valence-electron chi connectivity index (χ0n) is 34.9. The van der Waals surface area contributed by atoms with Gasteiger partial charge in [-0.15, -0.1) is 0 Å². The molecule has 9 rings (SSSR count). The average molecular weight is 915 g/mol. The lowest BCUT2D eigenvalue weighted by Gasteiger charge is -2.25. The van der Waals surface area contributed by atoms with Crippen LogP contribution in [0.15, 0.2) is 110 Å². The predicted molar refractivity (Wildman–Crippen MR) is 227 cm³/mol. The fourth-order valence-electron chi connectivity index (χ4n) is 7.46. The summed E-state index contributed by atoms with van der Waals surface area (Å²) in [4.78, 5) is 61.8. The number of aromatic amines is 1. The first kappa shape index (κ1) is 45.0. The number of fused-ring (bicyclic) bond motifs is 2. The number of rotatable bonds is 10. The number of methoxy groups -OCH3 is 2. The van der Waals surface area contributed by atoms with Gasteiger partial charge in [-0.05, 0) is 127 Å². The Labute approximate surface area is 370 Å². The van der Waals surface area contributed by atoms with Crippen LogP contribution in [0.1, 0.15) is 74.9 Å². The van der Waals surface area contributed by atoms with Gasteiger partial charge in [-0.25, -0.2) is 23.9 Å². The van der Waals surface area contributed by atoms with Gasteiger partial charge in [0.1, 0.15) is 16.9 Å². The first-order valence-electron chi connectivity index (χ1n) is 20.3. The molecule has 0 atom stereocenters. The minimum Gasteiger partial charge on any atom is -0.465 e. The van der Waals surface area contributed by atoms with Gasteiger partial charge in [0, 0.05) is 53.1 Å². The summed E-state index contributed by atoms with van der Waals surface area (Å²) in [6.07, 6.45) is -0.613. The Bertz CT molecular complexity index is 2990. The number of H-pyrrole nitrogens is 1. The van der Waals surface area contributed by atoms with Crippen LogP contribution in [0.5, 0.6) is 0 Å². The molecule has 2 amide bonds. The van der Waals surface area contributed by atoms with Crippen molar-refractivity contribution >= 4 is 68.6 Å². The van der Waals surface area contributed by atoms with Crippen LogP contribution in [-0.4, -0.2) is 69.8 Å². The van der Waals surface area contributed by atoms with Crippen molar-refractivity contribution < 1.29 is 59.4 Å². The standard InChI is InChI=1S/C27H21F4N3O3.C20H16F3N3O3/c1-37-25(35)22-13-19(17-4-5-17)14-32-24(22)34(26(36)27(29,30)31)21-8-9-23-18(12-21)10-11-33(23)15-16-2-6-20(28)7-3-16;1-29-18(27)15-9-13(11-2-3-11)10-25-17(15)26(19(28)20(21,22)23)14-4-5-16-12(8-14)6-7-24-16/h2-3,6-14,17H,4-5,15H2,1H3;4-11,24H,2-3H2,1H3. The number of carbonyl (C=O) groups is 4. The Kier molecular flexibility index (Phi) is 12.1. The quantitative estimate of drug-likeness (QED) is 0.106. The second-order valence-corrected chi connectivity index (χ2v) is 15.7. The molecule has 0 aliphatic heterocycles. The molecule has 2 fully saturated rings. The summed E-state index contributed by atoms with van der Waals surface area (Å²) in [5, 5.41) is 1.17. The van der Waals surface area contributed by atoms with Crippen molar-refractivity contribution in [2.75, 3.05) is 24.0 Å². The Morgan fingerprint density at radius 1 is 0.667 bits per heavy atom. The van der Waals surface area contributed by atoms with Gasteiger partial charge in [0.15, 0.2) is 11.6 Å². The fourth-order valence-corrected chi connectivity index (χ4v) is 7.46. The maximum absolute atomic E-state index is 13.7. The summed E-state index contributed by atoms with van der Waals surface area (Å²) in [5.41, 5.74) is 3.08. The van der Waals surface area contributed by atoms with Crippen LogP contribution < -0.4 is 9.80 Å². The maximum atomic E-state index is 13.7. The minimum absolute atomic E-state index is 0.0590. The number of nitrogens with one attached hydrogen (secondary N) is 1. The number of pyridine rings is 2. The monoisotopic (exact) mass is 914 g/mol. The van der Waals surface area contributed by atoms with Crippen molar-refractivity contribution in [2.24, 2.45) is 0 Å². The molecule has 340 valence electrons. The van der Waals surface area contributed by atoms with Crippen LogP contribution in [0.3, 0.4) is 0 Å². The van der Waals surface area contributed by atoms with Gasteiger partial charge in [0.2, 0.25) is 0 Å². The highest BCUT2D eigenvalue weighted by Crippen LogP contribution is 2.44. The molecular formula is C47H37F7N6O6. The van der Waals surface area contributed by atoms with Gasteiger partial charge in [-0.3, -0.25) is 19.4 Å². The van der Waals surface area contributed by atoms with Crippen molar-refractivity contribution in [2.45, 2.75) is 56.4 Å². The van der Waals surface area contributed by atoms with Gasteiger partial charge < -0.3 is 19.0 Å². The number of hydrogen-bond acceptors (Lipinski definition) is 8. The van der Waals surface area contributed by atoms with Crippen LogP contribution in [0, 0.1) is 5.82 Å². The Hall–Kier alpha value is -7.57. The van der Waals surface area contributed by atoms with Gasteiger partial charge in [0.05, 0.1) is 25.6 Å². The highest BCUT2D eigenvalue weighted by molar-refractivity contribution is 6.10. The fraction of sp³-hybridized carbons (Fsp3) is 0.234. The maximum Gasteiger partial charge on any atom is 0.472 e. The molecule has 4 aromatic heterocycles. The summed E-state index contributed by atoms with van der Waals surface area (Å²) >= 11 is 0. The van der Waals surface area contributed by atoms with Crippen molar-refractivity contribution in [1.29, 1.82) is 0 Å². The molecule has 2 aliphatic carbocycles. The SMILES string of the molecule is COC(=O)c1cc(C2CC2)cnc1N(C(=O)C(F)(F)F)c1ccc2[nH]ccc2c1.COC(=O)c1cc(C2CC2)cnc1N(C(=O)C(F)(F)F)c1ccc2c(ccn2Cc2ccc(F)cc2)c1. The average Bonchev–Trinajstić information content (AvgIpc) is 4.25. The minimum atomic E-state index is -5.23. The lowest BCUT2D eigenvalue weighted by atomic mass is 10.1. The normalized spacial score (nSPS) is 13.8. The number of hydrogen-bond donors (Lipinski definition) is 1. The number of amides is 2. The highest BCUT2D eigenvalue weighted by atomic mass is 19.4. The Balaban J connectivity index is 0.000000185. The van der Waals surface area contributed by atoms with E-state index >= 15 is 0 Å². The third-order valence-corrected chi connectivity index (χ3v) is 11.1. The zero-order chi connectivity index (χ0) is 47.1. The van der Waals surface area contributed by atoms with Crippen LogP contribution in [0.25, 0.3) is 21.8 Å². The van der Waals surface area contributed by atoms with E-state index in [-0.39, 0.29) is 40.2 Å². The van der Waals surface area contributed by atoms with E-state index in [0.717, 1.165) is 51.0 Å². The summed E-state index contributed by atoms with van der Waals surface area (Å²) in [6.45, 7) is 0.408. The van der Waals surface area contributed by atoms with Crippen LogP contribution >= 0.6 is 0 Å². The topological polar surface area (TPSA) is 140 Å². The van der Waals surface area contributed by atoms with E-state index in [1.807, 2.05) is 4.57 Å². The number of esters is 2. The number of halogens is 7. The number of ether oxygens (including phenoxy) is 2. The number of alkyl halides is 6. The molecule has 0 radical (unpaired) electrons. The molecule has 2 aliphatic rings. The summed E-state index contributed by atoms with van der Waals surface area (Å²) in [6, 6.07) is 21.0.